The zero-order valence-corrected chi connectivity index (χ0v) is 12.5. The summed E-state index contributed by atoms with van der Waals surface area (Å²) in [6.45, 7) is 10.6. The predicted octanol–water partition coefficient (Wildman–Crippen LogP) is 3.15. The topological polar surface area (TPSA) is 63.3 Å². The lowest BCUT2D eigenvalue weighted by Crippen LogP contribution is -2.33. The van der Waals surface area contributed by atoms with Gasteiger partial charge in [-0.1, -0.05) is 26.0 Å². The second kappa shape index (κ2) is 6.20. The van der Waals surface area contributed by atoms with Crippen LogP contribution < -0.4 is 5.73 Å². The maximum Gasteiger partial charge on any atom is 0.320 e. The molecule has 0 fully saturated rings. The van der Waals surface area contributed by atoms with E-state index in [0.717, 1.165) is 0 Å². The molecule has 3 N–H and O–H groups in total. The minimum atomic E-state index is -0.920. The Hall–Kier alpha value is -1.35. The second-order valence-electron chi connectivity index (χ2n) is 5.68. The fourth-order valence-corrected chi connectivity index (χ4v) is 2.66. The van der Waals surface area contributed by atoms with Crippen LogP contribution in [-0.2, 0) is 4.79 Å². The van der Waals surface area contributed by atoms with E-state index < -0.39 is 12.0 Å². The van der Waals surface area contributed by atoms with Gasteiger partial charge >= 0.3 is 5.97 Å². The molecule has 3 nitrogen and oxygen atoms in total. The molecule has 0 saturated carbocycles. The highest BCUT2D eigenvalue weighted by molar-refractivity contribution is 5.73. The molecule has 1 aromatic carbocycles. The first-order valence-electron chi connectivity index (χ1n) is 6.80. The number of aryl methyl sites for hydroxylation is 2. The summed E-state index contributed by atoms with van der Waals surface area (Å²) in [5.74, 6) is -0.368. The SMILES string of the molecule is Cc1ccc(C)c(C(C)C(C)CC(N)C(=O)O)c1C. The van der Waals surface area contributed by atoms with Crippen LogP contribution in [0.1, 0.15) is 48.4 Å². The fraction of sp³-hybridized carbons (Fsp3) is 0.562. The molecule has 0 radical (unpaired) electrons. The smallest absolute Gasteiger partial charge is 0.320 e. The van der Waals surface area contributed by atoms with Crippen LogP contribution in [-0.4, -0.2) is 17.1 Å². The quantitative estimate of drug-likeness (QED) is 0.857. The van der Waals surface area contributed by atoms with Crippen LogP contribution in [0, 0.1) is 26.7 Å². The van der Waals surface area contributed by atoms with Crippen LogP contribution in [0.15, 0.2) is 12.1 Å². The zero-order valence-electron chi connectivity index (χ0n) is 12.5. The van der Waals surface area contributed by atoms with Crippen molar-refractivity contribution in [2.24, 2.45) is 11.7 Å². The predicted molar refractivity (Wildman–Crippen MR) is 78.5 cm³/mol. The summed E-state index contributed by atoms with van der Waals surface area (Å²) >= 11 is 0. The third kappa shape index (κ3) is 3.57. The van der Waals surface area contributed by atoms with Crippen LogP contribution in [0.2, 0.25) is 0 Å². The summed E-state index contributed by atoms with van der Waals surface area (Å²) in [4.78, 5) is 10.9. The van der Waals surface area contributed by atoms with E-state index in [1.54, 1.807) is 0 Å². The van der Waals surface area contributed by atoms with E-state index in [-0.39, 0.29) is 5.92 Å². The number of hydrogen-bond acceptors (Lipinski definition) is 2. The molecular weight excluding hydrogens is 238 g/mol. The number of nitrogens with two attached hydrogens (primary N) is 1. The lowest BCUT2D eigenvalue weighted by molar-refractivity contribution is -0.138. The van der Waals surface area contributed by atoms with Gasteiger partial charge in [-0.15, -0.1) is 0 Å². The van der Waals surface area contributed by atoms with Gasteiger partial charge in [0.2, 0.25) is 0 Å². The monoisotopic (exact) mass is 263 g/mol. The van der Waals surface area contributed by atoms with Gasteiger partial charge in [0, 0.05) is 0 Å². The molecule has 1 rings (SSSR count). The Bertz CT molecular complexity index is 468. The molecule has 0 heterocycles. The molecule has 0 aliphatic heterocycles. The summed E-state index contributed by atoms with van der Waals surface area (Å²) in [6.07, 6.45) is 0.503. The molecule has 0 aliphatic carbocycles. The Morgan fingerprint density at radius 3 is 2.26 bits per heavy atom. The molecule has 0 bridgehead atoms. The first kappa shape index (κ1) is 15.7. The normalized spacial score (nSPS) is 15.9. The van der Waals surface area contributed by atoms with Gasteiger partial charge in [-0.3, -0.25) is 4.79 Å². The van der Waals surface area contributed by atoms with Crippen LogP contribution >= 0.6 is 0 Å². The van der Waals surface area contributed by atoms with Crippen molar-refractivity contribution in [1.29, 1.82) is 0 Å². The highest BCUT2D eigenvalue weighted by Gasteiger charge is 2.23. The first-order valence-corrected chi connectivity index (χ1v) is 6.80. The summed E-state index contributed by atoms with van der Waals surface area (Å²) in [7, 11) is 0. The van der Waals surface area contributed by atoms with Crippen molar-refractivity contribution in [3.63, 3.8) is 0 Å². The maximum atomic E-state index is 10.9. The average molecular weight is 263 g/mol. The third-order valence-electron chi connectivity index (χ3n) is 4.26. The summed E-state index contributed by atoms with van der Waals surface area (Å²) in [6, 6.07) is 3.50. The van der Waals surface area contributed by atoms with Crippen molar-refractivity contribution in [2.45, 2.75) is 53.0 Å². The van der Waals surface area contributed by atoms with E-state index in [9.17, 15) is 4.79 Å². The lowest BCUT2D eigenvalue weighted by atomic mass is 9.80. The van der Waals surface area contributed by atoms with Gasteiger partial charge in [-0.25, -0.2) is 0 Å². The van der Waals surface area contributed by atoms with Crippen molar-refractivity contribution in [3.05, 3.63) is 34.4 Å². The number of carboxylic acids is 1. The van der Waals surface area contributed by atoms with E-state index in [4.69, 9.17) is 10.8 Å². The van der Waals surface area contributed by atoms with Crippen LogP contribution in [0.25, 0.3) is 0 Å². The standard InChI is InChI=1S/C16H25NO2/c1-9-6-7-10(2)15(12(9)4)13(5)11(3)8-14(17)16(18)19/h6-7,11,13-14H,8,17H2,1-5H3,(H,18,19). The minimum absolute atomic E-state index is 0.241. The van der Waals surface area contributed by atoms with Crippen molar-refractivity contribution >= 4 is 5.97 Å². The van der Waals surface area contributed by atoms with Crippen LogP contribution in [0.3, 0.4) is 0 Å². The highest BCUT2D eigenvalue weighted by atomic mass is 16.4. The molecule has 0 amide bonds. The summed E-state index contributed by atoms with van der Waals surface area (Å²) in [5, 5.41) is 8.91. The van der Waals surface area contributed by atoms with Crippen molar-refractivity contribution < 1.29 is 9.90 Å². The molecule has 0 spiro atoms. The first-order chi connectivity index (χ1) is 8.75. The van der Waals surface area contributed by atoms with Gasteiger partial charge in [0.1, 0.15) is 6.04 Å². The molecule has 0 aromatic heterocycles. The van der Waals surface area contributed by atoms with E-state index in [1.165, 1.54) is 22.3 Å². The molecular formula is C16H25NO2. The van der Waals surface area contributed by atoms with Crippen LogP contribution in [0.4, 0.5) is 0 Å². The Morgan fingerprint density at radius 2 is 1.74 bits per heavy atom. The molecule has 19 heavy (non-hydrogen) atoms. The third-order valence-corrected chi connectivity index (χ3v) is 4.26. The number of carbonyl (C=O) groups is 1. The van der Waals surface area contributed by atoms with E-state index >= 15 is 0 Å². The molecule has 3 atom stereocenters. The van der Waals surface area contributed by atoms with Gasteiger partial charge in [-0.2, -0.15) is 0 Å². The number of aliphatic carboxylic acids is 1. The molecule has 1 aromatic rings. The number of benzene rings is 1. The zero-order chi connectivity index (χ0) is 14.7. The number of hydrogen-bond donors (Lipinski definition) is 2. The van der Waals surface area contributed by atoms with E-state index in [0.29, 0.717) is 12.3 Å². The Morgan fingerprint density at radius 1 is 1.21 bits per heavy atom. The summed E-state index contributed by atoms with van der Waals surface area (Å²) < 4.78 is 0. The lowest BCUT2D eigenvalue weighted by Gasteiger charge is -2.26. The number of carboxylic acid groups (broad SMARTS) is 1. The van der Waals surface area contributed by atoms with Gasteiger partial charge in [-0.05, 0) is 61.3 Å². The molecule has 3 heteroatoms. The van der Waals surface area contributed by atoms with Gasteiger partial charge in [0.15, 0.2) is 0 Å². The molecule has 0 saturated heterocycles. The Labute approximate surface area is 115 Å². The van der Waals surface area contributed by atoms with Gasteiger partial charge in [0.05, 0.1) is 0 Å². The van der Waals surface area contributed by atoms with Crippen LogP contribution in [0.5, 0.6) is 0 Å². The summed E-state index contributed by atoms with van der Waals surface area (Å²) in [5.41, 5.74) is 10.8. The Kier molecular flexibility index (Phi) is 5.12. The molecule has 3 unspecified atom stereocenters. The largest absolute Gasteiger partial charge is 0.480 e. The van der Waals surface area contributed by atoms with E-state index in [2.05, 4.69) is 46.8 Å². The van der Waals surface area contributed by atoms with E-state index in [1.807, 2.05) is 0 Å². The Balaban J connectivity index is 2.97. The highest BCUT2D eigenvalue weighted by Crippen LogP contribution is 2.33. The average Bonchev–Trinajstić information content (AvgIpc) is 2.33. The second-order valence-corrected chi connectivity index (χ2v) is 5.68. The maximum absolute atomic E-state index is 10.9. The van der Waals surface area contributed by atoms with Crippen molar-refractivity contribution in [2.75, 3.05) is 0 Å². The van der Waals surface area contributed by atoms with Crippen molar-refractivity contribution in [3.8, 4) is 0 Å². The fourth-order valence-electron chi connectivity index (χ4n) is 2.66. The van der Waals surface area contributed by atoms with Gasteiger partial charge in [0.25, 0.3) is 0 Å². The minimum Gasteiger partial charge on any atom is -0.480 e. The van der Waals surface area contributed by atoms with Gasteiger partial charge < -0.3 is 10.8 Å². The molecule has 106 valence electrons. The van der Waals surface area contributed by atoms with Crippen molar-refractivity contribution in [1.82, 2.24) is 0 Å². The number of rotatable bonds is 5. The molecule has 0 aliphatic rings.